The lowest BCUT2D eigenvalue weighted by atomic mass is 9.96. The van der Waals surface area contributed by atoms with E-state index in [0.29, 0.717) is 38.3 Å². The molecule has 1 atom stereocenters. The third-order valence-electron chi connectivity index (χ3n) is 5.69. The minimum absolute atomic E-state index is 0.0266. The van der Waals surface area contributed by atoms with Crippen molar-refractivity contribution >= 4 is 15.9 Å². The smallest absolute Gasteiger partial charge is 0.243 e. The van der Waals surface area contributed by atoms with Gasteiger partial charge >= 0.3 is 0 Å². The largest absolute Gasteiger partial charge is 0.494 e. The first-order chi connectivity index (χ1) is 14.9. The van der Waals surface area contributed by atoms with Crippen LogP contribution in [-0.2, 0) is 21.2 Å². The summed E-state index contributed by atoms with van der Waals surface area (Å²) in [6.07, 6.45) is 2.86. The molecule has 0 saturated carbocycles. The average Bonchev–Trinajstić information content (AvgIpc) is 2.79. The molecule has 0 radical (unpaired) electrons. The lowest BCUT2D eigenvalue weighted by molar-refractivity contribution is -0.126. The van der Waals surface area contributed by atoms with Crippen LogP contribution in [0.5, 0.6) is 5.75 Å². The fraction of sp³-hybridized carbons (Fsp3) is 0.458. The Bertz CT molecular complexity index is 937. The van der Waals surface area contributed by atoms with E-state index >= 15 is 0 Å². The molecule has 31 heavy (non-hydrogen) atoms. The maximum atomic E-state index is 12.9. The third-order valence-corrected chi connectivity index (χ3v) is 7.61. The van der Waals surface area contributed by atoms with Crippen molar-refractivity contribution in [1.82, 2.24) is 9.62 Å². The minimum Gasteiger partial charge on any atom is -0.494 e. The molecule has 1 heterocycles. The minimum atomic E-state index is -3.56. The Morgan fingerprint density at radius 2 is 1.74 bits per heavy atom. The Morgan fingerprint density at radius 1 is 1.10 bits per heavy atom. The average molecular weight is 445 g/mol. The molecule has 0 aromatic heterocycles. The van der Waals surface area contributed by atoms with E-state index in [1.807, 2.05) is 32.0 Å². The van der Waals surface area contributed by atoms with E-state index in [0.717, 1.165) is 12.8 Å². The van der Waals surface area contributed by atoms with Gasteiger partial charge in [0.25, 0.3) is 0 Å². The van der Waals surface area contributed by atoms with Crippen molar-refractivity contribution in [3.05, 3.63) is 60.2 Å². The number of benzene rings is 2. The van der Waals surface area contributed by atoms with Gasteiger partial charge in [-0.25, -0.2) is 8.42 Å². The summed E-state index contributed by atoms with van der Waals surface area (Å²) < 4.78 is 32.7. The van der Waals surface area contributed by atoms with Gasteiger partial charge in [0, 0.05) is 25.0 Å². The molecule has 0 aliphatic carbocycles. The van der Waals surface area contributed by atoms with Crippen molar-refractivity contribution in [2.45, 2.75) is 50.5 Å². The fourth-order valence-electron chi connectivity index (χ4n) is 3.84. The number of nitrogens with one attached hydrogen (secondary N) is 1. The first kappa shape index (κ1) is 23.3. The van der Waals surface area contributed by atoms with Crippen LogP contribution >= 0.6 is 0 Å². The summed E-state index contributed by atoms with van der Waals surface area (Å²) in [5.74, 6) is 0.530. The molecule has 1 aliphatic heterocycles. The van der Waals surface area contributed by atoms with Gasteiger partial charge in [-0.05, 0) is 69.4 Å². The van der Waals surface area contributed by atoms with E-state index in [1.54, 1.807) is 24.3 Å². The first-order valence-corrected chi connectivity index (χ1v) is 12.4. The van der Waals surface area contributed by atoms with Crippen LogP contribution in [0.1, 0.15) is 38.7 Å². The van der Waals surface area contributed by atoms with Crippen LogP contribution in [0.3, 0.4) is 0 Å². The lowest BCUT2D eigenvalue weighted by Gasteiger charge is -2.31. The van der Waals surface area contributed by atoms with Crippen LogP contribution in [-0.4, -0.2) is 44.4 Å². The molecule has 1 aliphatic rings. The topological polar surface area (TPSA) is 75.7 Å². The molecule has 168 valence electrons. The van der Waals surface area contributed by atoms with E-state index in [9.17, 15) is 13.2 Å². The maximum absolute atomic E-state index is 12.9. The number of carbonyl (C=O) groups excluding carboxylic acids is 1. The summed E-state index contributed by atoms with van der Waals surface area (Å²) in [5, 5.41) is 3.10. The number of rotatable bonds is 9. The van der Waals surface area contributed by atoms with Crippen molar-refractivity contribution in [1.29, 1.82) is 0 Å². The number of sulfonamides is 1. The Morgan fingerprint density at radius 3 is 2.35 bits per heavy atom. The second kappa shape index (κ2) is 10.8. The zero-order valence-electron chi connectivity index (χ0n) is 18.3. The van der Waals surface area contributed by atoms with Gasteiger partial charge in [-0.15, -0.1) is 0 Å². The van der Waals surface area contributed by atoms with Crippen LogP contribution in [0.15, 0.2) is 59.5 Å². The highest BCUT2D eigenvalue weighted by atomic mass is 32.2. The van der Waals surface area contributed by atoms with Crippen molar-refractivity contribution in [3.8, 4) is 5.75 Å². The van der Waals surface area contributed by atoms with Crippen LogP contribution in [0.4, 0.5) is 0 Å². The first-order valence-electron chi connectivity index (χ1n) is 11.0. The standard InChI is InChI=1S/C24H32N2O4S/c1-3-30-22-11-13-23(14-12-22)31(28,29)26-17-15-21(16-18-26)24(27)25-19(2)9-10-20-7-5-4-6-8-20/h4-8,11-14,19,21H,3,9-10,15-18H2,1-2H3,(H,25,27)/t19-/m0/s1. The SMILES string of the molecule is CCOc1ccc(S(=O)(=O)N2CCC(C(=O)N[C@@H](C)CCc3ccccc3)CC2)cc1. The van der Waals surface area contributed by atoms with Gasteiger partial charge in [0.2, 0.25) is 15.9 Å². The number of amides is 1. The van der Waals surface area contributed by atoms with Gasteiger partial charge in [-0.1, -0.05) is 30.3 Å². The number of aryl methyl sites for hydroxylation is 1. The molecule has 7 heteroatoms. The van der Waals surface area contributed by atoms with Gasteiger partial charge < -0.3 is 10.1 Å². The zero-order chi connectivity index (χ0) is 22.3. The lowest BCUT2D eigenvalue weighted by Crippen LogP contribution is -2.44. The molecule has 2 aromatic carbocycles. The number of ether oxygens (including phenoxy) is 1. The second-order valence-electron chi connectivity index (χ2n) is 8.02. The molecule has 1 N–H and O–H groups in total. The Labute approximate surface area is 185 Å². The predicted octanol–water partition coefficient (Wildman–Crippen LogP) is 3.62. The van der Waals surface area contributed by atoms with Gasteiger partial charge in [-0.2, -0.15) is 4.31 Å². The monoisotopic (exact) mass is 444 g/mol. The molecule has 6 nitrogen and oxygen atoms in total. The van der Waals surface area contributed by atoms with E-state index in [-0.39, 0.29) is 22.8 Å². The summed E-state index contributed by atoms with van der Waals surface area (Å²) >= 11 is 0. The molecule has 0 spiro atoms. The van der Waals surface area contributed by atoms with E-state index in [4.69, 9.17) is 4.74 Å². The number of hydrogen-bond donors (Lipinski definition) is 1. The van der Waals surface area contributed by atoms with E-state index < -0.39 is 10.0 Å². The number of piperidine rings is 1. The van der Waals surface area contributed by atoms with E-state index in [2.05, 4.69) is 17.4 Å². The van der Waals surface area contributed by atoms with Crippen LogP contribution < -0.4 is 10.1 Å². The molecular formula is C24H32N2O4S. The molecule has 0 bridgehead atoms. The van der Waals surface area contributed by atoms with Crippen LogP contribution in [0.2, 0.25) is 0 Å². The third kappa shape index (κ3) is 6.31. The summed E-state index contributed by atoms with van der Waals surface area (Å²) in [6, 6.07) is 16.8. The summed E-state index contributed by atoms with van der Waals surface area (Å²) in [6.45, 7) is 5.14. The zero-order valence-corrected chi connectivity index (χ0v) is 19.1. The summed E-state index contributed by atoms with van der Waals surface area (Å²) in [4.78, 5) is 12.9. The summed E-state index contributed by atoms with van der Waals surface area (Å²) in [5.41, 5.74) is 1.26. The number of nitrogens with zero attached hydrogens (tertiary/aromatic N) is 1. The van der Waals surface area contributed by atoms with Crippen molar-refractivity contribution in [2.24, 2.45) is 5.92 Å². The highest BCUT2D eigenvalue weighted by Gasteiger charge is 2.32. The Kier molecular flexibility index (Phi) is 8.09. The number of hydrogen-bond acceptors (Lipinski definition) is 4. The van der Waals surface area contributed by atoms with Crippen LogP contribution in [0, 0.1) is 5.92 Å². The van der Waals surface area contributed by atoms with Crippen molar-refractivity contribution in [2.75, 3.05) is 19.7 Å². The molecule has 1 saturated heterocycles. The van der Waals surface area contributed by atoms with Gasteiger partial charge in [0.1, 0.15) is 5.75 Å². The van der Waals surface area contributed by atoms with E-state index in [1.165, 1.54) is 9.87 Å². The molecule has 2 aromatic rings. The maximum Gasteiger partial charge on any atom is 0.243 e. The van der Waals surface area contributed by atoms with Gasteiger partial charge in [0.05, 0.1) is 11.5 Å². The molecule has 0 unspecified atom stereocenters. The van der Waals surface area contributed by atoms with Gasteiger partial charge in [0.15, 0.2) is 0 Å². The second-order valence-corrected chi connectivity index (χ2v) is 9.95. The van der Waals surface area contributed by atoms with Crippen LogP contribution in [0.25, 0.3) is 0 Å². The normalized spacial score (nSPS) is 16.6. The van der Waals surface area contributed by atoms with Gasteiger partial charge in [-0.3, -0.25) is 4.79 Å². The van der Waals surface area contributed by atoms with Crippen molar-refractivity contribution in [3.63, 3.8) is 0 Å². The highest BCUT2D eigenvalue weighted by Crippen LogP contribution is 2.25. The fourth-order valence-corrected chi connectivity index (χ4v) is 5.31. The van der Waals surface area contributed by atoms with Crippen molar-refractivity contribution < 1.29 is 17.9 Å². The molecule has 3 rings (SSSR count). The molecule has 1 fully saturated rings. The Hall–Kier alpha value is -2.38. The quantitative estimate of drug-likeness (QED) is 0.641. The predicted molar refractivity (Wildman–Crippen MR) is 121 cm³/mol. The summed E-state index contributed by atoms with van der Waals surface area (Å²) in [7, 11) is -3.56. The molecule has 1 amide bonds. The molecular weight excluding hydrogens is 412 g/mol. The number of carbonyl (C=O) groups is 1. The Balaban J connectivity index is 1.48. The highest BCUT2D eigenvalue weighted by molar-refractivity contribution is 7.89.